The third-order valence-electron chi connectivity index (χ3n) is 4.10. The van der Waals surface area contributed by atoms with Crippen molar-refractivity contribution in [2.45, 2.75) is 6.43 Å². The van der Waals surface area contributed by atoms with E-state index in [2.05, 4.69) is 25.6 Å². The van der Waals surface area contributed by atoms with E-state index in [1.807, 2.05) is 0 Å². The minimum absolute atomic E-state index is 0.0230. The van der Waals surface area contributed by atoms with Gasteiger partial charge in [-0.05, 0) is 30.3 Å². The second-order valence-corrected chi connectivity index (χ2v) is 6.16. The molecule has 0 saturated heterocycles. The van der Waals surface area contributed by atoms with Crippen molar-refractivity contribution in [3.8, 4) is 5.75 Å². The second kappa shape index (κ2) is 7.78. The van der Waals surface area contributed by atoms with Gasteiger partial charge in [-0.1, -0.05) is 0 Å². The largest absolute Gasteiger partial charge is 0.497 e. The number of hydrogen-bond acceptors (Lipinski definition) is 7. The fraction of sp³-hybridized carbons (Fsp3) is 0.105. The molecule has 0 aliphatic rings. The van der Waals surface area contributed by atoms with Gasteiger partial charge in [-0.25, -0.2) is 22.9 Å². The maximum Gasteiger partial charge on any atom is 0.417 e. The molecule has 11 heteroatoms. The molecule has 0 saturated carbocycles. The molecule has 4 rings (SSSR count). The minimum atomic E-state index is -2.70. The summed E-state index contributed by atoms with van der Waals surface area (Å²) in [5, 5.41) is 5.53. The van der Waals surface area contributed by atoms with Crippen molar-refractivity contribution in [2.24, 2.45) is 0 Å². The lowest BCUT2D eigenvalue weighted by Crippen LogP contribution is -2.04. The lowest BCUT2D eigenvalue weighted by Gasteiger charge is -2.12. The zero-order chi connectivity index (χ0) is 21.3. The molecule has 8 nitrogen and oxygen atoms in total. The molecule has 154 valence electrons. The average molecular weight is 417 g/mol. The number of ether oxygens (including phenoxy) is 1. The number of aromatic amines is 1. The highest BCUT2D eigenvalue weighted by Crippen LogP contribution is 2.29. The predicted octanol–water partition coefficient (Wildman–Crippen LogP) is 4.48. The summed E-state index contributed by atoms with van der Waals surface area (Å²) < 4.78 is 50.3. The number of hydrogen-bond donors (Lipinski definition) is 3. The van der Waals surface area contributed by atoms with Crippen molar-refractivity contribution < 1.29 is 22.3 Å². The first-order valence-corrected chi connectivity index (χ1v) is 8.58. The van der Waals surface area contributed by atoms with Gasteiger partial charge in [0.15, 0.2) is 17.2 Å². The number of aromatic nitrogens is 3. The van der Waals surface area contributed by atoms with Crippen molar-refractivity contribution in [1.29, 1.82) is 0 Å². The summed E-state index contributed by atoms with van der Waals surface area (Å²) in [6.45, 7) is 0. The Balaban J connectivity index is 1.61. The summed E-state index contributed by atoms with van der Waals surface area (Å²) in [6, 6.07) is 8.57. The molecule has 2 heterocycles. The van der Waals surface area contributed by atoms with E-state index in [0.29, 0.717) is 16.8 Å². The van der Waals surface area contributed by atoms with E-state index in [0.717, 1.165) is 6.20 Å². The van der Waals surface area contributed by atoms with Gasteiger partial charge in [0, 0.05) is 23.0 Å². The molecule has 0 aliphatic carbocycles. The van der Waals surface area contributed by atoms with Gasteiger partial charge in [-0.3, -0.25) is 4.98 Å². The van der Waals surface area contributed by atoms with Crippen LogP contribution in [0.5, 0.6) is 5.75 Å². The van der Waals surface area contributed by atoms with Gasteiger partial charge in [0.25, 0.3) is 6.43 Å². The first-order valence-electron chi connectivity index (χ1n) is 8.58. The minimum Gasteiger partial charge on any atom is -0.497 e. The Morgan fingerprint density at radius 2 is 1.97 bits per heavy atom. The number of fused-ring (bicyclic) bond motifs is 1. The molecule has 2 aromatic carbocycles. The molecular weight excluding hydrogens is 403 g/mol. The molecular formula is C19H14F3N5O3. The van der Waals surface area contributed by atoms with Gasteiger partial charge in [-0.15, -0.1) is 0 Å². The van der Waals surface area contributed by atoms with E-state index in [1.165, 1.54) is 31.4 Å². The second-order valence-electron chi connectivity index (χ2n) is 6.16. The molecule has 0 spiro atoms. The van der Waals surface area contributed by atoms with Gasteiger partial charge in [-0.2, -0.15) is 4.98 Å². The highest BCUT2D eigenvalue weighted by atomic mass is 19.3. The van der Waals surface area contributed by atoms with E-state index in [1.54, 1.807) is 12.1 Å². The molecule has 0 fully saturated rings. The maximum atomic E-state index is 14.2. The molecule has 0 unspecified atom stereocenters. The van der Waals surface area contributed by atoms with E-state index < -0.39 is 18.0 Å². The number of H-pyrrole nitrogens is 1. The van der Waals surface area contributed by atoms with E-state index in [-0.39, 0.29) is 28.8 Å². The van der Waals surface area contributed by atoms with Crippen LogP contribution < -0.4 is 21.1 Å². The fourth-order valence-corrected chi connectivity index (χ4v) is 2.75. The van der Waals surface area contributed by atoms with Crippen molar-refractivity contribution in [3.05, 3.63) is 64.5 Å². The third-order valence-corrected chi connectivity index (χ3v) is 4.10. The van der Waals surface area contributed by atoms with Crippen LogP contribution in [0.4, 0.5) is 36.3 Å². The molecule has 0 bridgehead atoms. The lowest BCUT2D eigenvalue weighted by atomic mass is 10.2. The Labute approximate surface area is 166 Å². The maximum absolute atomic E-state index is 14.2. The molecule has 0 amide bonds. The lowest BCUT2D eigenvalue weighted by molar-refractivity contribution is 0.151. The van der Waals surface area contributed by atoms with Crippen LogP contribution in [0.25, 0.3) is 11.1 Å². The zero-order valence-corrected chi connectivity index (χ0v) is 15.4. The van der Waals surface area contributed by atoms with Gasteiger partial charge < -0.3 is 19.8 Å². The van der Waals surface area contributed by atoms with Crippen LogP contribution in [0, 0.1) is 5.82 Å². The first-order chi connectivity index (χ1) is 14.4. The number of rotatable bonds is 6. The van der Waals surface area contributed by atoms with Crippen LogP contribution >= 0.6 is 0 Å². The molecule has 4 aromatic rings. The van der Waals surface area contributed by atoms with E-state index in [9.17, 15) is 18.0 Å². The summed E-state index contributed by atoms with van der Waals surface area (Å²) in [5.41, 5.74) is 1.21. The van der Waals surface area contributed by atoms with Crippen molar-refractivity contribution >= 4 is 34.2 Å². The molecule has 2 aromatic heterocycles. The van der Waals surface area contributed by atoms with Crippen LogP contribution in [0.3, 0.4) is 0 Å². The van der Waals surface area contributed by atoms with Crippen LogP contribution in [-0.4, -0.2) is 22.1 Å². The number of alkyl halides is 2. The van der Waals surface area contributed by atoms with Crippen molar-refractivity contribution in [2.75, 3.05) is 17.7 Å². The number of nitrogens with one attached hydrogen (secondary N) is 3. The Hall–Kier alpha value is -4.02. The molecule has 0 atom stereocenters. The Morgan fingerprint density at radius 1 is 1.13 bits per heavy atom. The van der Waals surface area contributed by atoms with E-state index in [4.69, 9.17) is 9.15 Å². The molecule has 30 heavy (non-hydrogen) atoms. The van der Waals surface area contributed by atoms with Gasteiger partial charge >= 0.3 is 5.76 Å². The van der Waals surface area contributed by atoms with Crippen LogP contribution in [0.1, 0.15) is 12.0 Å². The Kier molecular flexibility index (Phi) is 5.00. The quantitative estimate of drug-likeness (QED) is 0.425. The average Bonchev–Trinajstić information content (AvgIpc) is 3.09. The van der Waals surface area contributed by atoms with Crippen molar-refractivity contribution in [3.63, 3.8) is 0 Å². The normalized spacial score (nSPS) is 11.1. The van der Waals surface area contributed by atoms with Crippen LogP contribution in [-0.2, 0) is 0 Å². The van der Waals surface area contributed by atoms with Crippen molar-refractivity contribution in [1.82, 2.24) is 15.0 Å². The topological polar surface area (TPSA) is 105 Å². The van der Waals surface area contributed by atoms with Gasteiger partial charge in [0.1, 0.15) is 5.75 Å². The summed E-state index contributed by atoms with van der Waals surface area (Å²) in [7, 11) is 1.36. The standard InChI is InChI=1S/C19H14F3N5O3/c1-29-12-5-9(16(21)22)4-11(6-12)25-18-23-8-13(20)17(27-18)24-10-2-3-15-14(7-10)26-19(28)30-15/h2-8,16H,1H3,(H,26,28)(H2,23,24,25,27). The summed E-state index contributed by atoms with van der Waals surface area (Å²) in [5.74, 6) is -1.30. The Bertz CT molecular complexity index is 1270. The number of benzene rings is 2. The monoisotopic (exact) mass is 417 g/mol. The smallest absolute Gasteiger partial charge is 0.417 e. The highest BCUT2D eigenvalue weighted by molar-refractivity contribution is 5.78. The third kappa shape index (κ3) is 4.04. The van der Waals surface area contributed by atoms with Gasteiger partial charge in [0.2, 0.25) is 5.95 Å². The highest BCUT2D eigenvalue weighted by Gasteiger charge is 2.13. The molecule has 0 aliphatic heterocycles. The number of halogens is 3. The Morgan fingerprint density at radius 3 is 2.73 bits per heavy atom. The summed E-state index contributed by atoms with van der Waals surface area (Å²) >= 11 is 0. The zero-order valence-electron chi connectivity index (χ0n) is 15.4. The number of nitrogens with zero attached hydrogens (tertiary/aromatic N) is 2. The number of oxazole rings is 1. The fourth-order valence-electron chi connectivity index (χ4n) is 2.75. The molecule has 0 radical (unpaired) electrons. The summed E-state index contributed by atoms with van der Waals surface area (Å²) in [6.07, 6.45) is -1.76. The SMILES string of the molecule is COc1cc(Nc2ncc(F)c(Nc3ccc4oc(=O)[nH]c4c3)n2)cc(C(F)F)c1. The van der Waals surface area contributed by atoms with E-state index >= 15 is 0 Å². The number of anilines is 4. The van der Waals surface area contributed by atoms with Gasteiger partial charge in [0.05, 0.1) is 18.8 Å². The number of methoxy groups -OCH3 is 1. The first kappa shape index (κ1) is 19.3. The van der Waals surface area contributed by atoms with Crippen LogP contribution in [0.15, 0.2) is 51.8 Å². The van der Waals surface area contributed by atoms with Crippen LogP contribution in [0.2, 0.25) is 0 Å². The molecule has 3 N–H and O–H groups in total. The summed E-state index contributed by atoms with van der Waals surface area (Å²) in [4.78, 5) is 21.6. The predicted molar refractivity (Wildman–Crippen MR) is 103 cm³/mol.